The smallest absolute Gasteiger partial charge is 0.264 e. The standard InChI is InChI=1S/C28H28N2O4/c1-21(10-8-9-17-31)28(34)25-18-24(30(20-32)23-13-6-3-7-14-23)15-16-26(25)29(27(28)33)19-22-11-4-2-5-12-22/h2-8,10-16,18,20-21,31,34H,9,17,19H2,1H3/b10-8+/t21-,28+/m1/s1. The van der Waals surface area contributed by atoms with Gasteiger partial charge >= 0.3 is 0 Å². The Hall–Kier alpha value is -3.74. The van der Waals surface area contributed by atoms with E-state index in [2.05, 4.69) is 0 Å². The Morgan fingerprint density at radius 1 is 1.00 bits per heavy atom. The number of fused-ring (bicyclic) bond motifs is 1. The lowest BCUT2D eigenvalue weighted by atomic mass is 9.82. The van der Waals surface area contributed by atoms with Gasteiger partial charge in [0, 0.05) is 29.5 Å². The van der Waals surface area contributed by atoms with E-state index in [0.29, 0.717) is 35.6 Å². The van der Waals surface area contributed by atoms with Crippen molar-refractivity contribution in [3.63, 3.8) is 0 Å². The fourth-order valence-electron chi connectivity index (χ4n) is 4.38. The molecule has 4 rings (SSSR count). The predicted molar refractivity (Wildman–Crippen MR) is 133 cm³/mol. The number of aliphatic hydroxyl groups is 2. The van der Waals surface area contributed by atoms with Gasteiger partial charge in [-0.3, -0.25) is 14.5 Å². The Bertz CT molecular complexity index is 1180. The molecule has 0 saturated carbocycles. The molecule has 3 aromatic rings. The van der Waals surface area contributed by atoms with E-state index in [1.54, 1.807) is 42.2 Å². The van der Waals surface area contributed by atoms with Gasteiger partial charge in [0.1, 0.15) is 0 Å². The first-order valence-corrected chi connectivity index (χ1v) is 11.3. The molecule has 0 radical (unpaired) electrons. The molecule has 2 atom stereocenters. The third kappa shape index (κ3) is 4.25. The first-order valence-electron chi connectivity index (χ1n) is 11.3. The lowest BCUT2D eigenvalue weighted by Crippen LogP contribution is -2.44. The lowest BCUT2D eigenvalue weighted by Gasteiger charge is -2.28. The van der Waals surface area contributed by atoms with Gasteiger partial charge in [-0.05, 0) is 42.3 Å². The summed E-state index contributed by atoms with van der Waals surface area (Å²) in [6, 6.07) is 24.1. The molecule has 0 aliphatic carbocycles. The lowest BCUT2D eigenvalue weighted by molar-refractivity contribution is -0.139. The van der Waals surface area contributed by atoms with Gasteiger partial charge in [0.15, 0.2) is 5.60 Å². The van der Waals surface area contributed by atoms with E-state index in [0.717, 1.165) is 12.0 Å². The van der Waals surface area contributed by atoms with Gasteiger partial charge in [0.05, 0.1) is 12.2 Å². The number of benzene rings is 3. The van der Waals surface area contributed by atoms with E-state index < -0.39 is 17.4 Å². The zero-order valence-electron chi connectivity index (χ0n) is 19.0. The Morgan fingerprint density at radius 3 is 2.32 bits per heavy atom. The topological polar surface area (TPSA) is 81.1 Å². The van der Waals surface area contributed by atoms with Crippen molar-refractivity contribution < 1.29 is 19.8 Å². The molecule has 174 valence electrons. The Balaban J connectivity index is 1.81. The fraction of sp³-hybridized carbons (Fsp3) is 0.214. The van der Waals surface area contributed by atoms with Crippen LogP contribution in [0.5, 0.6) is 0 Å². The molecule has 0 fully saturated rings. The largest absolute Gasteiger partial charge is 0.396 e. The summed E-state index contributed by atoms with van der Waals surface area (Å²) in [5.41, 5.74) is 1.44. The van der Waals surface area contributed by atoms with Crippen LogP contribution in [0, 0.1) is 5.92 Å². The van der Waals surface area contributed by atoms with Gasteiger partial charge in [-0.15, -0.1) is 0 Å². The maximum atomic E-state index is 13.7. The summed E-state index contributed by atoms with van der Waals surface area (Å²) in [4.78, 5) is 28.8. The van der Waals surface area contributed by atoms with Crippen molar-refractivity contribution in [2.45, 2.75) is 25.5 Å². The number of rotatable bonds is 9. The normalized spacial score (nSPS) is 18.2. The van der Waals surface area contributed by atoms with E-state index in [-0.39, 0.29) is 6.61 Å². The average molecular weight is 457 g/mol. The number of aliphatic hydroxyl groups excluding tert-OH is 1. The summed E-state index contributed by atoms with van der Waals surface area (Å²) in [5.74, 6) is -0.968. The van der Waals surface area contributed by atoms with Crippen molar-refractivity contribution in [2.75, 3.05) is 16.4 Å². The van der Waals surface area contributed by atoms with Crippen molar-refractivity contribution >= 4 is 29.4 Å². The number of para-hydroxylation sites is 1. The second-order valence-electron chi connectivity index (χ2n) is 8.38. The number of nitrogens with zero attached hydrogens (tertiary/aromatic N) is 2. The molecular formula is C28H28N2O4. The van der Waals surface area contributed by atoms with Gasteiger partial charge in [-0.1, -0.05) is 67.6 Å². The Morgan fingerprint density at radius 2 is 1.68 bits per heavy atom. The average Bonchev–Trinajstić information content (AvgIpc) is 3.08. The van der Waals surface area contributed by atoms with Crippen LogP contribution in [0.2, 0.25) is 0 Å². The number of anilines is 3. The minimum atomic E-state index is -1.81. The third-order valence-electron chi connectivity index (χ3n) is 6.23. The third-order valence-corrected chi connectivity index (χ3v) is 6.23. The van der Waals surface area contributed by atoms with Crippen LogP contribution in [0.4, 0.5) is 17.1 Å². The van der Waals surface area contributed by atoms with Crippen LogP contribution in [-0.4, -0.2) is 29.1 Å². The van der Waals surface area contributed by atoms with Crippen molar-refractivity contribution in [1.82, 2.24) is 0 Å². The maximum Gasteiger partial charge on any atom is 0.264 e. The molecule has 1 aliphatic rings. The second kappa shape index (κ2) is 10.0. The summed E-state index contributed by atoms with van der Waals surface area (Å²) in [6.45, 7) is 2.09. The number of carbonyl (C=O) groups excluding carboxylic acids is 2. The number of hydrogen-bond donors (Lipinski definition) is 2. The Kier molecular flexibility index (Phi) is 6.91. The maximum absolute atomic E-state index is 13.7. The molecule has 1 heterocycles. The van der Waals surface area contributed by atoms with Crippen LogP contribution >= 0.6 is 0 Å². The predicted octanol–water partition coefficient (Wildman–Crippen LogP) is 4.29. The Labute approximate surface area is 199 Å². The second-order valence-corrected chi connectivity index (χ2v) is 8.38. The molecule has 0 unspecified atom stereocenters. The zero-order valence-corrected chi connectivity index (χ0v) is 19.0. The highest BCUT2D eigenvalue weighted by atomic mass is 16.3. The number of carbonyl (C=O) groups is 2. The van der Waals surface area contributed by atoms with Gasteiger partial charge in [0.2, 0.25) is 6.41 Å². The van der Waals surface area contributed by atoms with Crippen molar-refractivity contribution in [3.05, 3.63) is 102 Å². The fourth-order valence-corrected chi connectivity index (χ4v) is 4.38. The SMILES string of the molecule is C[C@H](/C=C/CCO)[C@@]1(O)C(=O)N(Cc2ccccc2)c2ccc(N(C=O)c3ccccc3)cc21. The van der Waals surface area contributed by atoms with Crippen molar-refractivity contribution in [2.24, 2.45) is 5.92 Å². The van der Waals surface area contributed by atoms with E-state index in [9.17, 15) is 14.7 Å². The molecule has 6 nitrogen and oxygen atoms in total. The molecule has 0 bridgehead atoms. The van der Waals surface area contributed by atoms with Gasteiger partial charge in [0.25, 0.3) is 5.91 Å². The van der Waals surface area contributed by atoms with Crippen molar-refractivity contribution in [1.29, 1.82) is 0 Å². The minimum absolute atomic E-state index is 0.0121. The van der Waals surface area contributed by atoms with Gasteiger partial charge in [-0.2, -0.15) is 0 Å². The monoisotopic (exact) mass is 456 g/mol. The van der Waals surface area contributed by atoms with Crippen LogP contribution < -0.4 is 9.80 Å². The highest BCUT2D eigenvalue weighted by Gasteiger charge is 2.52. The van der Waals surface area contributed by atoms with Gasteiger partial charge < -0.3 is 15.1 Å². The molecule has 2 N–H and O–H groups in total. The van der Waals surface area contributed by atoms with Gasteiger partial charge in [-0.25, -0.2) is 0 Å². The van der Waals surface area contributed by atoms with Crippen LogP contribution in [0.15, 0.2) is 91.0 Å². The quantitative estimate of drug-likeness (QED) is 0.372. The number of hydrogen-bond acceptors (Lipinski definition) is 4. The van der Waals surface area contributed by atoms with Crippen molar-refractivity contribution in [3.8, 4) is 0 Å². The molecule has 3 aromatic carbocycles. The molecule has 2 amide bonds. The highest BCUT2D eigenvalue weighted by molar-refractivity contribution is 6.08. The summed E-state index contributed by atoms with van der Waals surface area (Å²) >= 11 is 0. The van der Waals surface area contributed by atoms with E-state index in [1.165, 1.54) is 4.90 Å². The molecular weight excluding hydrogens is 428 g/mol. The van der Waals surface area contributed by atoms with Crippen LogP contribution in [0.1, 0.15) is 24.5 Å². The molecule has 0 spiro atoms. The summed E-state index contributed by atoms with van der Waals surface area (Å²) in [6.07, 6.45) is 4.67. The first-order chi connectivity index (χ1) is 16.5. The van der Waals surface area contributed by atoms with E-state index in [4.69, 9.17) is 5.11 Å². The molecule has 0 aromatic heterocycles. The molecule has 6 heteroatoms. The number of amides is 2. The van der Waals surface area contributed by atoms with E-state index >= 15 is 0 Å². The molecule has 1 aliphatic heterocycles. The molecule has 0 saturated heterocycles. The summed E-state index contributed by atoms with van der Waals surface area (Å²) in [7, 11) is 0. The van der Waals surface area contributed by atoms with Crippen LogP contribution in [0.3, 0.4) is 0 Å². The van der Waals surface area contributed by atoms with Crippen LogP contribution in [0.25, 0.3) is 0 Å². The highest BCUT2D eigenvalue weighted by Crippen LogP contribution is 2.47. The minimum Gasteiger partial charge on any atom is -0.396 e. The zero-order chi connectivity index (χ0) is 24.1. The molecule has 34 heavy (non-hydrogen) atoms. The van der Waals surface area contributed by atoms with Crippen LogP contribution in [-0.2, 0) is 21.7 Å². The first kappa shape index (κ1) is 23.4. The summed E-state index contributed by atoms with van der Waals surface area (Å²) in [5, 5.41) is 21.0. The van der Waals surface area contributed by atoms with E-state index in [1.807, 2.05) is 60.7 Å². The summed E-state index contributed by atoms with van der Waals surface area (Å²) < 4.78 is 0.